The lowest BCUT2D eigenvalue weighted by Crippen LogP contribution is -2.39. The van der Waals surface area contributed by atoms with E-state index in [2.05, 4.69) is 5.32 Å². The average Bonchev–Trinajstić information content (AvgIpc) is 2.50. The van der Waals surface area contributed by atoms with Crippen LogP contribution in [0.25, 0.3) is 6.08 Å². The molecular weight excluding hydrogens is 282 g/mol. The highest BCUT2D eigenvalue weighted by atomic mass is 16.5. The molecule has 0 heterocycles. The van der Waals surface area contributed by atoms with Gasteiger partial charge in [-0.15, -0.1) is 0 Å². The van der Waals surface area contributed by atoms with Crippen LogP contribution in [-0.2, 0) is 9.59 Å². The molecule has 1 aromatic carbocycles. The Morgan fingerprint density at radius 3 is 2.50 bits per heavy atom. The molecule has 22 heavy (non-hydrogen) atoms. The van der Waals surface area contributed by atoms with Gasteiger partial charge in [0.1, 0.15) is 11.8 Å². The van der Waals surface area contributed by atoms with Crippen LogP contribution in [0.3, 0.4) is 0 Å². The molecule has 5 nitrogen and oxygen atoms in total. The van der Waals surface area contributed by atoms with E-state index in [1.165, 1.54) is 6.08 Å². The molecule has 1 atom stereocenters. The number of aliphatic carboxylic acids is 1. The van der Waals surface area contributed by atoms with Gasteiger partial charge in [-0.1, -0.05) is 31.9 Å². The Morgan fingerprint density at radius 2 is 1.95 bits per heavy atom. The SMILES string of the molecule is CCCCC(NC(=O)/C=C/c1ccc(OCC)cc1)C(=O)O. The van der Waals surface area contributed by atoms with E-state index in [4.69, 9.17) is 9.84 Å². The van der Waals surface area contributed by atoms with Crippen LogP contribution in [0.1, 0.15) is 38.7 Å². The summed E-state index contributed by atoms with van der Waals surface area (Å²) in [6.07, 6.45) is 5.08. The van der Waals surface area contributed by atoms with Gasteiger partial charge in [0.2, 0.25) is 5.91 Å². The molecule has 0 aliphatic rings. The van der Waals surface area contributed by atoms with Crippen LogP contribution in [0, 0.1) is 0 Å². The molecule has 0 fully saturated rings. The van der Waals surface area contributed by atoms with Gasteiger partial charge in [0.15, 0.2) is 0 Å². The van der Waals surface area contributed by atoms with Crippen molar-refractivity contribution in [1.29, 1.82) is 0 Å². The summed E-state index contributed by atoms with van der Waals surface area (Å²) in [4.78, 5) is 22.8. The van der Waals surface area contributed by atoms with Gasteiger partial charge in [0, 0.05) is 6.08 Å². The molecule has 0 bridgehead atoms. The van der Waals surface area contributed by atoms with Crippen LogP contribution in [0.15, 0.2) is 30.3 Å². The van der Waals surface area contributed by atoms with Crippen LogP contribution in [0.5, 0.6) is 5.75 Å². The molecule has 0 saturated heterocycles. The van der Waals surface area contributed by atoms with Crippen molar-refractivity contribution in [3.63, 3.8) is 0 Å². The monoisotopic (exact) mass is 305 g/mol. The Kier molecular flexibility index (Phi) is 7.75. The number of rotatable bonds is 9. The van der Waals surface area contributed by atoms with Gasteiger partial charge in [-0.25, -0.2) is 4.79 Å². The molecule has 1 amide bonds. The zero-order valence-electron chi connectivity index (χ0n) is 13.0. The van der Waals surface area contributed by atoms with E-state index in [0.717, 1.165) is 24.2 Å². The standard InChI is InChI=1S/C17H23NO4/c1-3-5-6-15(17(20)21)18-16(19)12-9-13-7-10-14(11-8-13)22-4-2/h7-12,15H,3-6H2,1-2H3,(H,18,19)(H,20,21)/b12-9+. The normalized spacial score (nSPS) is 12.1. The maximum absolute atomic E-state index is 11.8. The molecule has 0 spiro atoms. The lowest BCUT2D eigenvalue weighted by Gasteiger charge is -2.12. The van der Waals surface area contributed by atoms with Crippen molar-refractivity contribution in [3.8, 4) is 5.75 Å². The minimum Gasteiger partial charge on any atom is -0.494 e. The van der Waals surface area contributed by atoms with Gasteiger partial charge in [0.25, 0.3) is 0 Å². The number of carboxylic acid groups (broad SMARTS) is 1. The smallest absolute Gasteiger partial charge is 0.326 e. The first-order valence-electron chi connectivity index (χ1n) is 7.51. The third kappa shape index (κ3) is 6.43. The summed E-state index contributed by atoms with van der Waals surface area (Å²) in [6.45, 7) is 4.49. The van der Waals surface area contributed by atoms with Gasteiger partial charge in [-0.3, -0.25) is 4.79 Å². The highest BCUT2D eigenvalue weighted by Gasteiger charge is 2.17. The fourth-order valence-corrected chi connectivity index (χ4v) is 1.90. The number of ether oxygens (including phenoxy) is 1. The quantitative estimate of drug-likeness (QED) is 0.688. The van der Waals surface area contributed by atoms with Crippen molar-refractivity contribution in [2.75, 3.05) is 6.61 Å². The predicted octanol–water partition coefficient (Wildman–Crippen LogP) is 2.86. The van der Waals surface area contributed by atoms with Gasteiger partial charge < -0.3 is 15.2 Å². The molecule has 1 aromatic rings. The van der Waals surface area contributed by atoms with Crippen molar-refractivity contribution in [2.24, 2.45) is 0 Å². The van der Waals surface area contributed by atoms with E-state index in [-0.39, 0.29) is 0 Å². The molecule has 0 radical (unpaired) electrons. The van der Waals surface area contributed by atoms with E-state index in [1.54, 1.807) is 6.08 Å². The van der Waals surface area contributed by atoms with E-state index >= 15 is 0 Å². The summed E-state index contributed by atoms with van der Waals surface area (Å²) in [5, 5.41) is 11.6. The third-order valence-corrected chi connectivity index (χ3v) is 3.08. The Hall–Kier alpha value is -2.30. The van der Waals surface area contributed by atoms with E-state index in [1.807, 2.05) is 38.1 Å². The lowest BCUT2D eigenvalue weighted by atomic mass is 10.1. The summed E-state index contributed by atoms with van der Waals surface area (Å²) in [7, 11) is 0. The van der Waals surface area contributed by atoms with Gasteiger partial charge in [-0.05, 0) is 37.1 Å². The fourth-order valence-electron chi connectivity index (χ4n) is 1.90. The summed E-state index contributed by atoms with van der Waals surface area (Å²) in [5.74, 6) is -0.636. The van der Waals surface area contributed by atoms with Gasteiger partial charge in [-0.2, -0.15) is 0 Å². The van der Waals surface area contributed by atoms with E-state index in [9.17, 15) is 9.59 Å². The second kappa shape index (κ2) is 9.60. The summed E-state index contributed by atoms with van der Waals surface area (Å²) in [5.41, 5.74) is 0.846. The molecule has 1 unspecified atom stereocenters. The molecule has 0 aliphatic carbocycles. The first-order chi connectivity index (χ1) is 10.6. The average molecular weight is 305 g/mol. The second-order valence-electron chi connectivity index (χ2n) is 4.88. The van der Waals surface area contributed by atoms with Crippen LogP contribution in [-0.4, -0.2) is 29.6 Å². The van der Waals surface area contributed by atoms with Gasteiger partial charge >= 0.3 is 5.97 Å². The first kappa shape index (κ1) is 17.8. The highest BCUT2D eigenvalue weighted by molar-refractivity contribution is 5.94. The van der Waals surface area contributed by atoms with Crippen molar-refractivity contribution >= 4 is 18.0 Å². The Balaban J connectivity index is 2.56. The van der Waals surface area contributed by atoms with Crippen LogP contribution in [0.4, 0.5) is 0 Å². The lowest BCUT2D eigenvalue weighted by molar-refractivity contribution is -0.141. The van der Waals surface area contributed by atoms with Crippen molar-refractivity contribution < 1.29 is 19.4 Å². The Morgan fingerprint density at radius 1 is 1.27 bits per heavy atom. The van der Waals surface area contributed by atoms with E-state index < -0.39 is 17.9 Å². The first-order valence-corrected chi connectivity index (χ1v) is 7.51. The number of amides is 1. The zero-order chi connectivity index (χ0) is 16.4. The minimum atomic E-state index is -1.00. The fraction of sp³-hybridized carbons (Fsp3) is 0.412. The number of hydrogen-bond donors (Lipinski definition) is 2. The Bertz CT molecular complexity index is 508. The van der Waals surface area contributed by atoms with E-state index in [0.29, 0.717) is 13.0 Å². The minimum absolute atomic E-state index is 0.405. The summed E-state index contributed by atoms with van der Waals surface area (Å²) < 4.78 is 5.33. The number of unbranched alkanes of at least 4 members (excludes halogenated alkanes) is 1. The topological polar surface area (TPSA) is 75.6 Å². The molecular formula is C17H23NO4. The molecule has 1 rings (SSSR count). The molecule has 0 saturated carbocycles. The molecule has 2 N–H and O–H groups in total. The number of carboxylic acids is 1. The van der Waals surface area contributed by atoms with Crippen molar-refractivity contribution in [1.82, 2.24) is 5.32 Å². The zero-order valence-corrected chi connectivity index (χ0v) is 13.0. The second-order valence-corrected chi connectivity index (χ2v) is 4.88. The molecule has 0 aromatic heterocycles. The summed E-state index contributed by atoms with van der Waals surface area (Å²) >= 11 is 0. The summed E-state index contributed by atoms with van der Waals surface area (Å²) in [6, 6.07) is 6.48. The molecule has 5 heteroatoms. The number of carbonyl (C=O) groups is 2. The predicted molar refractivity (Wildman–Crippen MR) is 85.7 cm³/mol. The number of carbonyl (C=O) groups excluding carboxylic acids is 1. The molecule has 120 valence electrons. The van der Waals surface area contributed by atoms with Crippen LogP contribution >= 0.6 is 0 Å². The maximum Gasteiger partial charge on any atom is 0.326 e. The van der Waals surface area contributed by atoms with Crippen molar-refractivity contribution in [2.45, 2.75) is 39.2 Å². The Labute approximate surface area is 131 Å². The third-order valence-electron chi connectivity index (χ3n) is 3.08. The molecule has 0 aliphatic heterocycles. The van der Waals surface area contributed by atoms with Crippen molar-refractivity contribution in [3.05, 3.63) is 35.9 Å². The number of benzene rings is 1. The maximum atomic E-state index is 11.8. The van der Waals surface area contributed by atoms with Crippen LogP contribution < -0.4 is 10.1 Å². The largest absolute Gasteiger partial charge is 0.494 e. The highest BCUT2D eigenvalue weighted by Crippen LogP contribution is 2.13. The van der Waals surface area contributed by atoms with Gasteiger partial charge in [0.05, 0.1) is 6.61 Å². The number of nitrogens with one attached hydrogen (secondary N) is 1. The van der Waals surface area contributed by atoms with Crippen LogP contribution in [0.2, 0.25) is 0 Å². The number of hydrogen-bond acceptors (Lipinski definition) is 3.